The topological polar surface area (TPSA) is 79.1 Å². The lowest BCUT2D eigenvalue weighted by molar-refractivity contribution is -0.105. The fourth-order valence-corrected chi connectivity index (χ4v) is 4.16. The SMILES string of the molecule is O=C(Nc1ccc2c(c1)OC1(CCCCC1)O2)c1cc(F)cc2[nH]c(=S)[nH]c12. The number of fused-ring (bicyclic) bond motifs is 2. The number of carbonyl (C=O) groups excluding carboxylic acids is 1. The summed E-state index contributed by atoms with van der Waals surface area (Å²) in [6, 6.07) is 7.76. The molecule has 1 saturated carbocycles. The fourth-order valence-electron chi connectivity index (χ4n) is 3.95. The van der Waals surface area contributed by atoms with Crippen LogP contribution in [0.25, 0.3) is 11.0 Å². The van der Waals surface area contributed by atoms with E-state index in [1.807, 2.05) is 0 Å². The summed E-state index contributed by atoms with van der Waals surface area (Å²) in [6.07, 6.45) is 5.06. The first-order valence-corrected chi connectivity index (χ1v) is 9.67. The van der Waals surface area contributed by atoms with Crippen molar-refractivity contribution in [3.05, 3.63) is 46.5 Å². The Labute approximate surface area is 165 Å². The number of amides is 1. The number of hydrogen-bond donors (Lipinski definition) is 3. The summed E-state index contributed by atoms with van der Waals surface area (Å²) in [5, 5.41) is 2.80. The van der Waals surface area contributed by atoms with Crippen LogP contribution in [0, 0.1) is 10.6 Å². The van der Waals surface area contributed by atoms with Gasteiger partial charge in [0.05, 0.1) is 16.6 Å². The molecule has 144 valence electrons. The normalized spacial score (nSPS) is 17.2. The van der Waals surface area contributed by atoms with Crippen molar-refractivity contribution >= 4 is 34.8 Å². The Morgan fingerprint density at radius 2 is 1.86 bits per heavy atom. The molecule has 6 nitrogen and oxygen atoms in total. The third-order valence-corrected chi connectivity index (χ3v) is 5.45. The molecule has 2 aromatic carbocycles. The molecule has 8 heteroatoms. The largest absolute Gasteiger partial charge is 0.448 e. The van der Waals surface area contributed by atoms with Crippen LogP contribution in [0.5, 0.6) is 11.5 Å². The number of nitrogens with one attached hydrogen (secondary N) is 3. The number of H-pyrrole nitrogens is 2. The molecule has 3 aromatic rings. The maximum Gasteiger partial charge on any atom is 0.257 e. The lowest BCUT2D eigenvalue weighted by atomic mass is 9.94. The van der Waals surface area contributed by atoms with Crippen LogP contribution in [0.15, 0.2) is 30.3 Å². The summed E-state index contributed by atoms with van der Waals surface area (Å²) in [7, 11) is 0. The summed E-state index contributed by atoms with van der Waals surface area (Å²) >= 11 is 5.05. The van der Waals surface area contributed by atoms with Crippen LogP contribution >= 0.6 is 12.2 Å². The molecule has 5 rings (SSSR count). The number of carbonyl (C=O) groups is 1. The highest BCUT2D eigenvalue weighted by Crippen LogP contribution is 2.46. The summed E-state index contributed by atoms with van der Waals surface area (Å²) in [5.41, 5.74) is 1.63. The molecule has 2 aliphatic rings. The van der Waals surface area contributed by atoms with E-state index in [-0.39, 0.29) is 5.56 Å². The standard InChI is InChI=1S/C20H18FN3O3S/c21-11-8-13(17-14(9-11)23-19(28)24-17)18(25)22-12-4-5-15-16(10-12)27-20(26-15)6-2-1-3-7-20/h4-5,8-10H,1-3,6-7H2,(H,22,25)(H2,23,24,28). The Balaban J connectivity index is 1.42. The number of rotatable bonds is 2. The maximum absolute atomic E-state index is 13.9. The van der Waals surface area contributed by atoms with Crippen LogP contribution in [-0.2, 0) is 0 Å². The number of hydrogen-bond acceptors (Lipinski definition) is 4. The molecule has 28 heavy (non-hydrogen) atoms. The third kappa shape index (κ3) is 2.93. The molecule has 3 N–H and O–H groups in total. The molecule has 0 saturated heterocycles. The average Bonchev–Trinajstić information content (AvgIpc) is 3.20. The quantitative estimate of drug-likeness (QED) is 0.527. The van der Waals surface area contributed by atoms with E-state index >= 15 is 0 Å². The predicted molar refractivity (Wildman–Crippen MR) is 105 cm³/mol. The fraction of sp³-hybridized carbons (Fsp3) is 0.300. The van der Waals surface area contributed by atoms with E-state index in [9.17, 15) is 9.18 Å². The zero-order valence-electron chi connectivity index (χ0n) is 14.9. The number of aromatic amines is 2. The van der Waals surface area contributed by atoms with Crippen molar-refractivity contribution in [1.82, 2.24) is 9.97 Å². The van der Waals surface area contributed by atoms with Gasteiger partial charge in [-0.05, 0) is 49.3 Å². The molecule has 1 amide bonds. The van der Waals surface area contributed by atoms with Gasteiger partial charge in [0.25, 0.3) is 11.7 Å². The minimum Gasteiger partial charge on any atom is -0.448 e. The first kappa shape index (κ1) is 17.2. The van der Waals surface area contributed by atoms with E-state index in [2.05, 4.69) is 15.3 Å². The van der Waals surface area contributed by atoms with E-state index < -0.39 is 17.5 Å². The Hall–Kier alpha value is -2.87. The molecule has 0 bridgehead atoms. The second-order valence-electron chi connectivity index (χ2n) is 7.25. The number of anilines is 1. The molecule has 0 unspecified atom stereocenters. The summed E-state index contributed by atoms with van der Waals surface area (Å²) in [4.78, 5) is 18.5. The molecule has 1 spiro atoms. The highest BCUT2D eigenvalue weighted by molar-refractivity contribution is 7.71. The number of halogens is 1. The number of benzene rings is 2. The van der Waals surface area contributed by atoms with Crippen molar-refractivity contribution < 1.29 is 18.7 Å². The Morgan fingerprint density at radius 1 is 1.07 bits per heavy atom. The summed E-state index contributed by atoms with van der Waals surface area (Å²) in [5.74, 6) is -0.237. The minimum absolute atomic E-state index is 0.170. The van der Waals surface area contributed by atoms with Crippen molar-refractivity contribution in [1.29, 1.82) is 0 Å². The lowest BCUT2D eigenvalue weighted by Gasteiger charge is -2.31. The van der Waals surface area contributed by atoms with Crippen LogP contribution in [-0.4, -0.2) is 21.7 Å². The van der Waals surface area contributed by atoms with Crippen molar-refractivity contribution in [3.8, 4) is 11.5 Å². The van der Waals surface area contributed by atoms with Crippen molar-refractivity contribution in [2.45, 2.75) is 37.9 Å². The predicted octanol–water partition coefficient (Wildman–Crippen LogP) is 5.05. The zero-order valence-corrected chi connectivity index (χ0v) is 15.7. The average molecular weight is 399 g/mol. The van der Waals surface area contributed by atoms with Crippen LogP contribution in [0.1, 0.15) is 42.5 Å². The van der Waals surface area contributed by atoms with Gasteiger partial charge in [-0.25, -0.2) is 4.39 Å². The van der Waals surface area contributed by atoms with Crippen LogP contribution < -0.4 is 14.8 Å². The Bertz CT molecular complexity index is 1150. The maximum atomic E-state index is 13.9. The van der Waals surface area contributed by atoms with Gasteiger partial charge in [-0.15, -0.1) is 0 Å². The second-order valence-corrected chi connectivity index (χ2v) is 7.65. The molecule has 1 aromatic heterocycles. The summed E-state index contributed by atoms with van der Waals surface area (Å²) in [6.45, 7) is 0. The number of aromatic nitrogens is 2. The molecule has 1 aliphatic carbocycles. The second kappa shape index (κ2) is 6.34. The van der Waals surface area contributed by atoms with Crippen LogP contribution in [0.2, 0.25) is 0 Å². The van der Waals surface area contributed by atoms with Gasteiger partial charge in [-0.2, -0.15) is 0 Å². The van der Waals surface area contributed by atoms with Crippen LogP contribution in [0.3, 0.4) is 0 Å². The van der Waals surface area contributed by atoms with Gasteiger partial charge in [-0.1, -0.05) is 6.42 Å². The van der Waals surface area contributed by atoms with Crippen molar-refractivity contribution in [2.75, 3.05) is 5.32 Å². The van der Waals surface area contributed by atoms with Gasteiger partial charge < -0.3 is 24.8 Å². The van der Waals surface area contributed by atoms with Crippen molar-refractivity contribution in [3.63, 3.8) is 0 Å². The van der Waals surface area contributed by atoms with Crippen molar-refractivity contribution in [2.24, 2.45) is 0 Å². The molecule has 1 aliphatic heterocycles. The van der Waals surface area contributed by atoms with Gasteiger partial charge in [0.1, 0.15) is 5.82 Å². The van der Waals surface area contributed by atoms with Gasteiger partial charge in [0, 0.05) is 24.6 Å². The van der Waals surface area contributed by atoms with E-state index in [1.54, 1.807) is 18.2 Å². The molecule has 1 fully saturated rings. The third-order valence-electron chi connectivity index (χ3n) is 5.24. The van der Waals surface area contributed by atoms with Gasteiger partial charge >= 0.3 is 0 Å². The highest BCUT2D eigenvalue weighted by atomic mass is 32.1. The van der Waals surface area contributed by atoms with Gasteiger partial charge in [0.15, 0.2) is 16.3 Å². The molecular weight excluding hydrogens is 381 g/mol. The molecule has 2 heterocycles. The smallest absolute Gasteiger partial charge is 0.257 e. The summed E-state index contributed by atoms with van der Waals surface area (Å²) < 4.78 is 26.4. The van der Waals surface area contributed by atoms with E-state index in [0.717, 1.165) is 25.7 Å². The van der Waals surface area contributed by atoms with Gasteiger partial charge in [-0.3, -0.25) is 4.79 Å². The molecule has 0 atom stereocenters. The first-order valence-electron chi connectivity index (χ1n) is 9.26. The number of ether oxygens (including phenoxy) is 2. The van der Waals surface area contributed by atoms with Gasteiger partial charge in [0.2, 0.25) is 0 Å². The van der Waals surface area contributed by atoms with E-state index in [0.29, 0.717) is 33.0 Å². The first-order chi connectivity index (χ1) is 13.5. The molecule has 0 radical (unpaired) electrons. The van der Waals surface area contributed by atoms with E-state index in [1.165, 1.54) is 18.6 Å². The zero-order chi connectivity index (χ0) is 19.3. The molecular formula is C20H18FN3O3S. The highest BCUT2D eigenvalue weighted by Gasteiger charge is 2.42. The Morgan fingerprint density at radius 3 is 2.68 bits per heavy atom. The van der Waals surface area contributed by atoms with E-state index in [4.69, 9.17) is 21.7 Å². The monoisotopic (exact) mass is 399 g/mol. The lowest BCUT2D eigenvalue weighted by Crippen LogP contribution is -2.40. The number of imidazole rings is 1. The minimum atomic E-state index is -0.572. The Kier molecular flexibility index (Phi) is 3.90. The van der Waals surface area contributed by atoms with Crippen LogP contribution in [0.4, 0.5) is 10.1 Å².